The summed E-state index contributed by atoms with van der Waals surface area (Å²) in [5, 5.41) is 0.760. The SMILES string of the molecule is C=C(C)C1=C(N=C(C)c2ccc(Cl)cc2)C(CCCC)CN(C2CCN(Sc3ccccc3)CC2)C1. The average Bonchev–Trinajstić information content (AvgIpc) is 2.89. The summed E-state index contributed by atoms with van der Waals surface area (Å²) in [6, 6.07) is 19.4. The lowest BCUT2D eigenvalue weighted by Gasteiger charge is -2.43. The van der Waals surface area contributed by atoms with Crippen LogP contribution in [0.25, 0.3) is 0 Å². The zero-order valence-electron chi connectivity index (χ0n) is 22.0. The quantitative estimate of drug-likeness (QED) is 0.244. The first-order valence-corrected chi connectivity index (χ1v) is 14.5. The van der Waals surface area contributed by atoms with Crippen LogP contribution in [0, 0.1) is 5.92 Å². The van der Waals surface area contributed by atoms with E-state index in [1.165, 1.54) is 48.3 Å². The molecule has 2 aromatic rings. The van der Waals surface area contributed by atoms with Crippen molar-refractivity contribution in [2.45, 2.75) is 63.8 Å². The summed E-state index contributed by atoms with van der Waals surface area (Å²) in [6.45, 7) is 15.3. The zero-order valence-corrected chi connectivity index (χ0v) is 23.6. The first-order chi connectivity index (χ1) is 17.4. The van der Waals surface area contributed by atoms with Gasteiger partial charge in [0.15, 0.2) is 0 Å². The average molecular weight is 522 g/mol. The Morgan fingerprint density at radius 3 is 2.39 bits per heavy atom. The summed E-state index contributed by atoms with van der Waals surface area (Å²) in [4.78, 5) is 9.34. The van der Waals surface area contributed by atoms with Gasteiger partial charge in [-0.15, -0.1) is 0 Å². The molecule has 5 heteroatoms. The molecule has 0 radical (unpaired) electrons. The summed E-state index contributed by atoms with van der Waals surface area (Å²) in [5.41, 5.74) is 5.95. The van der Waals surface area contributed by atoms with Crippen LogP contribution in [0.5, 0.6) is 0 Å². The molecule has 2 heterocycles. The van der Waals surface area contributed by atoms with Crippen LogP contribution in [0.3, 0.4) is 0 Å². The molecule has 4 rings (SSSR count). The number of aliphatic imine (C=N–C) groups is 1. The van der Waals surface area contributed by atoms with Gasteiger partial charge >= 0.3 is 0 Å². The third-order valence-electron chi connectivity index (χ3n) is 7.40. The van der Waals surface area contributed by atoms with E-state index in [4.69, 9.17) is 16.6 Å². The normalized spacial score (nSPS) is 20.7. The molecular formula is C31H40ClN3S. The predicted molar refractivity (Wildman–Crippen MR) is 157 cm³/mol. The number of nitrogens with zero attached hydrogens (tertiary/aromatic N) is 3. The minimum atomic E-state index is 0.448. The molecule has 0 bridgehead atoms. The fraction of sp³-hybridized carbons (Fsp3) is 0.452. The van der Waals surface area contributed by atoms with Gasteiger partial charge in [0.25, 0.3) is 0 Å². The van der Waals surface area contributed by atoms with Gasteiger partial charge in [0.05, 0.1) is 0 Å². The van der Waals surface area contributed by atoms with Gasteiger partial charge < -0.3 is 0 Å². The number of piperidine rings is 1. The first kappa shape index (κ1) is 27.2. The van der Waals surface area contributed by atoms with E-state index in [1.54, 1.807) is 0 Å². The molecule has 192 valence electrons. The first-order valence-electron chi connectivity index (χ1n) is 13.4. The van der Waals surface area contributed by atoms with Crippen molar-refractivity contribution in [1.82, 2.24) is 9.21 Å². The van der Waals surface area contributed by atoms with E-state index in [-0.39, 0.29) is 0 Å². The second-order valence-electron chi connectivity index (χ2n) is 10.2. The van der Waals surface area contributed by atoms with E-state index in [2.05, 4.69) is 79.0 Å². The maximum absolute atomic E-state index is 6.12. The van der Waals surface area contributed by atoms with Gasteiger partial charge in [-0.3, -0.25) is 9.89 Å². The van der Waals surface area contributed by atoms with Crippen molar-refractivity contribution < 1.29 is 0 Å². The Morgan fingerprint density at radius 2 is 1.75 bits per heavy atom. The number of halogens is 1. The third kappa shape index (κ3) is 7.13. The smallest absolute Gasteiger partial charge is 0.0498 e. The Morgan fingerprint density at radius 1 is 1.06 bits per heavy atom. The maximum atomic E-state index is 6.12. The predicted octanol–water partition coefficient (Wildman–Crippen LogP) is 8.27. The largest absolute Gasteiger partial charge is 0.295 e. The van der Waals surface area contributed by atoms with Crippen LogP contribution < -0.4 is 0 Å². The minimum absolute atomic E-state index is 0.448. The summed E-state index contributed by atoms with van der Waals surface area (Å²) in [5.74, 6) is 0.448. The van der Waals surface area contributed by atoms with Crippen LogP contribution in [0.1, 0.15) is 58.4 Å². The molecule has 0 N–H and O–H groups in total. The fourth-order valence-corrected chi connectivity index (χ4v) is 6.40. The second-order valence-corrected chi connectivity index (χ2v) is 11.8. The van der Waals surface area contributed by atoms with E-state index in [9.17, 15) is 0 Å². The van der Waals surface area contributed by atoms with Crippen molar-refractivity contribution in [3.63, 3.8) is 0 Å². The van der Waals surface area contributed by atoms with Gasteiger partial charge in [-0.1, -0.05) is 73.9 Å². The van der Waals surface area contributed by atoms with E-state index in [0.717, 1.165) is 48.0 Å². The zero-order chi connectivity index (χ0) is 25.5. The number of rotatable bonds is 9. The van der Waals surface area contributed by atoms with Crippen LogP contribution >= 0.6 is 23.5 Å². The Kier molecular flexibility index (Phi) is 9.89. The Labute approximate surface area is 227 Å². The highest BCUT2D eigenvalue weighted by Gasteiger charge is 2.33. The fourth-order valence-electron chi connectivity index (χ4n) is 5.30. The van der Waals surface area contributed by atoms with E-state index >= 15 is 0 Å². The highest BCUT2D eigenvalue weighted by Crippen LogP contribution is 2.36. The Hall–Kier alpha value is -1.85. The Balaban J connectivity index is 1.51. The molecule has 2 aromatic carbocycles. The van der Waals surface area contributed by atoms with Crippen LogP contribution in [0.2, 0.25) is 5.02 Å². The van der Waals surface area contributed by atoms with Gasteiger partial charge in [0.2, 0.25) is 0 Å². The highest BCUT2D eigenvalue weighted by molar-refractivity contribution is 7.97. The molecule has 1 unspecified atom stereocenters. The number of benzene rings is 2. The Bertz CT molecular complexity index is 1070. The van der Waals surface area contributed by atoms with Crippen LogP contribution in [0.4, 0.5) is 0 Å². The lowest BCUT2D eigenvalue weighted by Crippen LogP contribution is -2.48. The van der Waals surface area contributed by atoms with Gasteiger partial charge in [-0.25, -0.2) is 4.31 Å². The molecule has 1 atom stereocenters. The second kappa shape index (κ2) is 13.1. The molecule has 1 fully saturated rings. The molecule has 1 saturated heterocycles. The molecule has 0 aliphatic carbocycles. The topological polar surface area (TPSA) is 18.8 Å². The third-order valence-corrected chi connectivity index (χ3v) is 8.76. The van der Waals surface area contributed by atoms with Crippen LogP contribution in [0.15, 0.2) is 87.9 Å². The summed E-state index contributed by atoms with van der Waals surface area (Å²) < 4.78 is 2.53. The number of unbranched alkanes of at least 4 members (excludes halogenated alkanes) is 1. The van der Waals surface area contributed by atoms with Crippen molar-refractivity contribution in [1.29, 1.82) is 0 Å². The van der Waals surface area contributed by atoms with Crippen molar-refractivity contribution in [3.8, 4) is 0 Å². The number of hydrogen-bond donors (Lipinski definition) is 0. The minimum Gasteiger partial charge on any atom is -0.295 e. The van der Waals surface area contributed by atoms with E-state index < -0.39 is 0 Å². The highest BCUT2D eigenvalue weighted by atomic mass is 35.5. The van der Waals surface area contributed by atoms with E-state index in [0.29, 0.717) is 12.0 Å². The standard InChI is InChI=1S/C31H40ClN3S/c1-5-6-10-26-21-34(28-17-19-35(20-18-28)36-29-11-8-7-9-12-29)22-30(23(2)3)31(26)33-24(4)25-13-15-27(32)16-14-25/h7-9,11-16,26,28H,2,5-6,10,17-22H2,1,3-4H3. The molecule has 3 nitrogen and oxygen atoms in total. The van der Waals surface area contributed by atoms with Gasteiger partial charge in [0, 0.05) is 59.5 Å². The van der Waals surface area contributed by atoms with Gasteiger partial charge in [-0.2, -0.15) is 0 Å². The molecule has 0 aromatic heterocycles. The molecule has 0 amide bonds. The lowest BCUT2D eigenvalue weighted by atomic mass is 9.86. The number of hydrogen-bond acceptors (Lipinski definition) is 4. The summed E-state index contributed by atoms with van der Waals surface area (Å²) in [7, 11) is 0. The summed E-state index contributed by atoms with van der Waals surface area (Å²) in [6.07, 6.45) is 6.05. The van der Waals surface area contributed by atoms with E-state index in [1.807, 2.05) is 24.1 Å². The molecule has 2 aliphatic heterocycles. The van der Waals surface area contributed by atoms with Crippen LogP contribution in [-0.4, -0.2) is 47.1 Å². The van der Waals surface area contributed by atoms with Crippen molar-refractivity contribution in [2.24, 2.45) is 10.9 Å². The van der Waals surface area contributed by atoms with Crippen LogP contribution in [-0.2, 0) is 0 Å². The van der Waals surface area contributed by atoms with Gasteiger partial charge in [0.1, 0.15) is 0 Å². The van der Waals surface area contributed by atoms with Crippen molar-refractivity contribution >= 4 is 29.3 Å². The maximum Gasteiger partial charge on any atom is 0.0498 e. The summed E-state index contributed by atoms with van der Waals surface area (Å²) >= 11 is 8.02. The van der Waals surface area contributed by atoms with Crippen molar-refractivity contribution in [3.05, 3.63) is 88.6 Å². The monoisotopic (exact) mass is 521 g/mol. The molecule has 2 aliphatic rings. The van der Waals surface area contributed by atoms with Gasteiger partial charge in [-0.05, 0) is 80.5 Å². The molecule has 0 saturated carbocycles. The molecule has 0 spiro atoms. The molecule has 36 heavy (non-hydrogen) atoms. The molecular weight excluding hydrogens is 482 g/mol. The van der Waals surface area contributed by atoms with Crippen molar-refractivity contribution in [2.75, 3.05) is 26.2 Å². The lowest BCUT2D eigenvalue weighted by molar-refractivity contribution is 0.127.